The van der Waals surface area contributed by atoms with Gasteiger partial charge < -0.3 is 10.5 Å². The lowest BCUT2D eigenvalue weighted by Crippen LogP contribution is -2.25. The second-order valence-corrected chi connectivity index (χ2v) is 3.55. The average Bonchev–Trinajstić information content (AvgIpc) is 2.84. The number of methoxy groups -OCH3 is 1. The van der Waals surface area contributed by atoms with E-state index in [0.717, 1.165) is 25.0 Å². The van der Waals surface area contributed by atoms with Crippen molar-refractivity contribution in [3.63, 3.8) is 0 Å². The third kappa shape index (κ3) is 1.78. The first kappa shape index (κ1) is 8.44. The third-order valence-corrected chi connectivity index (χ3v) is 2.34. The van der Waals surface area contributed by atoms with E-state index in [0.29, 0.717) is 5.88 Å². The van der Waals surface area contributed by atoms with Gasteiger partial charge in [0.05, 0.1) is 7.11 Å². The summed E-state index contributed by atoms with van der Waals surface area (Å²) in [4.78, 5) is 8.28. The first-order valence-electron chi connectivity index (χ1n) is 4.36. The molecular formula is C9H13N3O. The van der Waals surface area contributed by atoms with Crippen LogP contribution < -0.4 is 10.5 Å². The average molecular weight is 179 g/mol. The van der Waals surface area contributed by atoms with E-state index in [2.05, 4.69) is 9.97 Å². The molecule has 0 aromatic carbocycles. The maximum absolute atomic E-state index is 5.98. The van der Waals surface area contributed by atoms with Crippen molar-refractivity contribution in [2.45, 2.75) is 24.8 Å². The predicted octanol–water partition coefficient (Wildman–Crippen LogP) is 0.519. The van der Waals surface area contributed by atoms with E-state index >= 15 is 0 Å². The molecule has 0 amide bonds. The lowest BCUT2D eigenvalue weighted by molar-refractivity contribution is 0.386. The second kappa shape index (κ2) is 2.96. The summed E-state index contributed by atoms with van der Waals surface area (Å²) in [6.07, 6.45) is 6.21. The van der Waals surface area contributed by atoms with E-state index in [1.165, 1.54) is 0 Å². The monoisotopic (exact) mass is 179 g/mol. The molecule has 1 saturated carbocycles. The smallest absolute Gasteiger partial charge is 0.235 e. The number of hydrogen-bond acceptors (Lipinski definition) is 4. The van der Waals surface area contributed by atoms with Gasteiger partial charge in [-0.1, -0.05) is 0 Å². The van der Waals surface area contributed by atoms with Crippen LogP contribution >= 0.6 is 0 Å². The molecule has 4 heteroatoms. The fourth-order valence-corrected chi connectivity index (χ4v) is 1.32. The maximum Gasteiger partial charge on any atom is 0.235 e. The summed E-state index contributed by atoms with van der Waals surface area (Å²) >= 11 is 0. The van der Waals surface area contributed by atoms with Gasteiger partial charge in [-0.05, 0) is 12.8 Å². The van der Waals surface area contributed by atoms with Crippen LogP contribution in [-0.2, 0) is 6.42 Å². The number of nitrogens with zero attached hydrogens (tertiary/aromatic N) is 2. The predicted molar refractivity (Wildman–Crippen MR) is 48.4 cm³/mol. The van der Waals surface area contributed by atoms with Crippen molar-refractivity contribution in [3.8, 4) is 5.88 Å². The first-order valence-corrected chi connectivity index (χ1v) is 4.36. The van der Waals surface area contributed by atoms with Crippen molar-refractivity contribution in [3.05, 3.63) is 18.1 Å². The Morgan fingerprint density at radius 1 is 1.46 bits per heavy atom. The zero-order valence-corrected chi connectivity index (χ0v) is 7.66. The van der Waals surface area contributed by atoms with Crippen molar-refractivity contribution >= 4 is 0 Å². The molecule has 1 aromatic heterocycles. The van der Waals surface area contributed by atoms with Crippen molar-refractivity contribution < 1.29 is 4.74 Å². The highest BCUT2D eigenvalue weighted by molar-refractivity contribution is 5.22. The molecule has 0 radical (unpaired) electrons. The van der Waals surface area contributed by atoms with E-state index < -0.39 is 0 Å². The highest BCUT2D eigenvalue weighted by Crippen LogP contribution is 2.36. The van der Waals surface area contributed by atoms with Gasteiger partial charge in [0.2, 0.25) is 5.88 Å². The van der Waals surface area contributed by atoms with Crippen LogP contribution in [0.15, 0.2) is 12.4 Å². The minimum absolute atomic E-state index is 0.0384. The number of nitrogens with two attached hydrogens (primary N) is 1. The Balaban J connectivity index is 2.18. The molecule has 70 valence electrons. The molecule has 0 bridgehead atoms. The Morgan fingerprint density at radius 3 is 2.77 bits per heavy atom. The zero-order chi connectivity index (χ0) is 9.31. The maximum atomic E-state index is 5.98. The summed E-state index contributed by atoms with van der Waals surface area (Å²) < 4.78 is 5.09. The van der Waals surface area contributed by atoms with Gasteiger partial charge in [0, 0.05) is 24.4 Å². The number of ether oxygens (including phenoxy) is 1. The highest BCUT2D eigenvalue weighted by atomic mass is 16.5. The standard InChI is InChI=1S/C9H13N3O/c1-13-8-7(11-4-5-12-8)6-9(10)2-3-9/h4-5H,2-3,6,10H2,1H3. The molecule has 0 aliphatic heterocycles. The summed E-state index contributed by atoms with van der Waals surface area (Å²) in [5.74, 6) is 0.597. The molecule has 2 N–H and O–H groups in total. The van der Waals surface area contributed by atoms with Crippen molar-refractivity contribution in [1.29, 1.82) is 0 Å². The fourth-order valence-electron chi connectivity index (χ4n) is 1.32. The van der Waals surface area contributed by atoms with Crippen LogP contribution in [0.1, 0.15) is 18.5 Å². The Hall–Kier alpha value is -1.16. The van der Waals surface area contributed by atoms with Gasteiger partial charge in [-0.2, -0.15) is 0 Å². The van der Waals surface area contributed by atoms with Gasteiger partial charge in [0.1, 0.15) is 5.69 Å². The van der Waals surface area contributed by atoms with Crippen LogP contribution in [0.4, 0.5) is 0 Å². The van der Waals surface area contributed by atoms with Gasteiger partial charge in [0.15, 0.2) is 0 Å². The highest BCUT2D eigenvalue weighted by Gasteiger charge is 2.39. The van der Waals surface area contributed by atoms with Crippen LogP contribution in [-0.4, -0.2) is 22.6 Å². The molecule has 0 atom stereocenters. The van der Waals surface area contributed by atoms with Gasteiger partial charge in [-0.15, -0.1) is 0 Å². The van der Waals surface area contributed by atoms with Crippen LogP contribution in [0.2, 0.25) is 0 Å². The number of aromatic nitrogens is 2. The number of hydrogen-bond donors (Lipinski definition) is 1. The molecule has 1 heterocycles. The summed E-state index contributed by atoms with van der Waals surface area (Å²) in [5.41, 5.74) is 6.81. The SMILES string of the molecule is COc1nccnc1CC1(N)CC1. The van der Waals surface area contributed by atoms with Crippen LogP contribution in [0.5, 0.6) is 5.88 Å². The van der Waals surface area contributed by atoms with Crippen molar-refractivity contribution in [2.75, 3.05) is 7.11 Å². The Bertz CT molecular complexity index is 309. The normalized spacial score (nSPS) is 18.3. The van der Waals surface area contributed by atoms with E-state index in [1.54, 1.807) is 19.5 Å². The van der Waals surface area contributed by atoms with E-state index in [9.17, 15) is 0 Å². The van der Waals surface area contributed by atoms with Gasteiger partial charge in [-0.3, -0.25) is 4.98 Å². The molecule has 0 spiro atoms. The molecule has 13 heavy (non-hydrogen) atoms. The van der Waals surface area contributed by atoms with E-state index in [1.807, 2.05) is 0 Å². The number of rotatable bonds is 3. The molecule has 1 aromatic rings. The van der Waals surface area contributed by atoms with Crippen LogP contribution in [0.25, 0.3) is 0 Å². The summed E-state index contributed by atoms with van der Waals surface area (Å²) in [5, 5.41) is 0. The molecule has 4 nitrogen and oxygen atoms in total. The summed E-state index contributed by atoms with van der Waals surface area (Å²) in [7, 11) is 1.60. The van der Waals surface area contributed by atoms with E-state index in [4.69, 9.17) is 10.5 Å². The van der Waals surface area contributed by atoms with Crippen molar-refractivity contribution in [2.24, 2.45) is 5.73 Å². The Kier molecular flexibility index (Phi) is 1.92. The second-order valence-electron chi connectivity index (χ2n) is 3.55. The molecule has 1 aliphatic carbocycles. The van der Waals surface area contributed by atoms with Crippen LogP contribution in [0.3, 0.4) is 0 Å². The molecule has 1 aliphatic rings. The minimum Gasteiger partial charge on any atom is -0.480 e. The quantitative estimate of drug-likeness (QED) is 0.734. The summed E-state index contributed by atoms with van der Waals surface area (Å²) in [6.45, 7) is 0. The first-order chi connectivity index (χ1) is 6.23. The Labute approximate surface area is 77.1 Å². The van der Waals surface area contributed by atoms with Crippen molar-refractivity contribution in [1.82, 2.24) is 9.97 Å². The molecule has 0 unspecified atom stereocenters. The fraction of sp³-hybridized carbons (Fsp3) is 0.556. The molecule has 1 fully saturated rings. The lowest BCUT2D eigenvalue weighted by Gasteiger charge is -2.09. The zero-order valence-electron chi connectivity index (χ0n) is 7.66. The molecular weight excluding hydrogens is 166 g/mol. The minimum atomic E-state index is -0.0384. The lowest BCUT2D eigenvalue weighted by atomic mass is 10.1. The topological polar surface area (TPSA) is 61.0 Å². The molecule has 2 rings (SSSR count). The molecule has 0 saturated heterocycles. The summed E-state index contributed by atoms with van der Waals surface area (Å²) in [6, 6.07) is 0. The van der Waals surface area contributed by atoms with Gasteiger partial charge >= 0.3 is 0 Å². The third-order valence-electron chi connectivity index (χ3n) is 2.34. The largest absolute Gasteiger partial charge is 0.480 e. The van der Waals surface area contributed by atoms with Gasteiger partial charge in [-0.25, -0.2) is 4.98 Å². The van der Waals surface area contributed by atoms with Gasteiger partial charge in [0.25, 0.3) is 0 Å². The Morgan fingerprint density at radius 2 is 2.15 bits per heavy atom. The van der Waals surface area contributed by atoms with Crippen LogP contribution in [0, 0.1) is 0 Å². The van der Waals surface area contributed by atoms with E-state index in [-0.39, 0.29) is 5.54 Å².